The number of amides is 1. The topological polar surface area (TPSA) is 111 Å². The van der Waals surface area contributed by atoms with Gasteiger partial charge in [0.05, 0.1) is 29.1 Å². The third-order valence-corrected chi connectivity index (χ3v) is 7.08. The van der Waals surface area contributed by atoms with Crippen LogP contribution >= 0.6 is 0 Å². The van der Waals surface area contributed by atoms with Crippen molar-refractivity contribution < 1.29 is 17.9 Å². The summed E-state index contributed by atoms with van der Waals surface area (Å²) in [5.74, 6) is 0.229. The molecule has 1 amide bonds. The second kappa shape index (κ2) is 11.0. The molecule has 4 rings (SSSR count). The number of nitrogens with one attached hydrogen (secondary N) is 2. The van der Waals surface area contributed by atoms with Crippen molar-refractivity contribution in [3.8, 4) is 5.75 Å². The molecule has 4 aromatic rings. The van der Waals surface area contributed by atoms with Gasteiger partial charge in [0.25, 0.3) is 15.9 Å². The van der Waals surface area contributed by atoms with Crippen molar-refractivity contribution in [2.75, 3.05) is 22.9 Å². The summed E-state index contributed by atoms with van der Waals surface area (Å²) in [5, 5.41) is 2.82. The van der Waals surface area contributed by atoms with E-state index in [9.17, 15) is 13.2 Å². The highest BCUT2D eigenvalue weighted by Gasteiger charge is 2.17. The van der Waals surface area contributed by atoms with Gasteiger partial charge in [0.1, 0.15) is 5.75 Å². The van der Waals surface area contributed by atoms with E-state index in [1.165, 1.54) is 19.2 Å². The molecule has 0 aliphatic rings. The fourth-order valence-corrected chi connectivity index (χ4v) is 4.85. The minimum absolute atomic E-state index is 0.128. The lowest BCUT2D eigenvalue weighted by Crippen LogP contribution is -2.14. The van der Waals surface area contributed by atoms with Crippen molar-refractivity contribution in [3.63, 3.8) is 0 Å². The number of hydrogen-bond donors (Lipinski definition) is 3. The molecule has 0 unspecified atom stereocenters. The number of nitrogen functional groups attached to an aromatic ring is 1. The molecule has 0 spiro atoms. The smallest absolute Gasteiger partial charge is 0.262 e. The zero-order valence-corrected chi connectivity index (χ0v) is 20.6. The van der Waals surface area contributed by atoms with E-state index in [4.69, 9.17) is 10.5 Å². The highest BCUT2D eigenvalue weighted by Crippen LogP contribution is 2.24. The normalized spacial score (nSPS) is 11.0. The predicted molar refractivity (Wildman–Crippen MR) is 143 cm³/mol. The Bertz CT molecular complexity index is 1470. The summed E-state index contributed by atoms with van der Waals surface area (Å²) in [5.41, 5.74) is 9.91. The van der Waals surface area contributed by atoms with E-state index >= 15 is 0 Å². The number of para-hydroxylation sites is 3. The zero-order chi connectivity index (χ0) is 25.5. The summed E-state index contributed by atoms with van der Waals surface area (Å²) >= 11 is 0. The van der Waals surface area contributed by atoms with Gasteiger partial charge in [-0.05, 0) is 66.4 Å². The summed E-state index contributed by atoms with van der Waals surface area (Å²) in [6.07, 6.45) is 1.29. The summed E-state index contributed by atoms with van der Waals surface area (Å²) in [7, 11) is -2.29. The molecule has 0 fully saturated rings. The van der Waals surface area contributed by atoms with Gasteiger partial charge in [0, 0.05) is 11.6 Å². The second-order valence-corrected chi connectivity index (χ2v) is 9.86. The molecule has 0 saturated carbocycles. The van der Waals surface area contributed by atoms with Gasteiger partial charge in [-0.1, -0.05) is 48.5 Å². The van der Waals surface area contributed by atoms with E-state index in [0.717, 1.165) is 11.1 Å². The molecule has 0 radical (unpaired) electrons. The van der Waals surface area contributed by atoms with E-state index in [1.54, 1.807) is 48.5 Å². The first kappa shape index (κ1) is 24.8. The van der Waals surface area contributed by atoms with Crippen LogP contribution in [0.1, 0.15) is 21.5 Å². The molecular formula is C28H27N3O4S. The van der Waals surface area contributed by atoms with Gasteiger partial charge in [0.15, 0.2) is 0 Å². The van der Waals surface area contributed by atoms with Crippen LogP contribution in [0.4, 0.5) is 17.1 Å². The second-order valence-electron chi connectivity index (χ2n) is 8.18. The number of carbonyl (C=O) groups is 1. The van der Waals surface area contributed by atoms with Crippen LogP contribution in [0.2, 0.25) is 0 Å². The fraction of sp³-hybridized carbons (Fsp3) is 0.107. The minimum atomic E-state index is -3.78. The zero-order valence-electron chi connectivity index (χ0n) is 19.8. The molecule has 8 heteroatoms. The number of carbonyl (C=O) groups excluding carboxylic acids is 1. The number of sulfonamides is 1. The number of benzene rings is 4. The van der Waals surface area contributed by atoms with Crippen LogP contribution in [0.3, 0.4) is 0 Å². The highest BCUT2D eigenvalue weighted by atomic mass is 32.2. The van der Waals surface area contributed by atoms with Gasteiger partial charge in [-0.25, -0.2) is 8.42 Å². The molecule has 0 aliphatic heterocycles. The van der Waals surface area contributed by atoms with Gasteiger partial charge in [-0.15, -0.1) is 0 Å². The quantitative estimate of drug-likeness (QED) is 0.276. The number of hydrogen-bond acceptors (Lipinski definition) is 5. The van der Waals surface area contributed by atoms with E-state index < -0.39 is 10.0 Å². The molecule has 36 heavy (non-hydrogen) atoms. The summed E-state index contributed by atoms with van der Waals surface area (Å²) in [6, 6.07) is 28.1. The van der Waals surface area contributed by atoms with Crippen molar-refractivity contribution >= 4 is 33.0 Å². The lowest BCUT2D eigenvalue weighted by molar-refractivity contribution is 0.102. The largest absolute Gasteiger partial charge is 0.497 e. The van der Waals surface area contributed by atoms with Gasteiger partial charge < -0.3 is 15.8 Å². The van der Waals surface area contributed by atoms with E-state index in [1.807, 2.05) is 36.4 Å². The van der Waals surface area contributed by atoms with Crippen LogP contribution in [0.15, 0.2) is 102 Å². The van der Waals surface area contributed by atoms with Crippen LogP contribution in [0, 0.1) is 0 Å². The fourth-order valence-electron chi connectivity index (χ4n) is 3.72. The van der Waals surface area contributed by atoms with Crippen molar-refractivity contribution in [1.82, 2.24) is 0 Å². The molecule has 0 aromatic heterocycles. The Labute approximate surface area is 211 Å². The molecule has 0 atom stereocenters. The monoisotopic (exact) mass is 501 g/mol. The van der Waals surface area contributed by atoms with Crippen molar-refractivity contribution in [2.45, 2.75) is 17.7 Å². The highest BCUT2D eigenvalue weighted by molar-refractivity contribution is 7.92. The average molecular weight is 502 g/mol. The summed E-state index contributed by atoms with van der Waals surface area (Å²) in [4.78, 5) is 12.7. The Morgan fingerprint density at radius 3 is 2.25 bits per heavy atom. The van der Waals surface area contributed by atoms with Crippen LogP contribution in [0.25, 0.3) is 0 Å². The summed E-state index contributed by atoms with van der Waals surface area (Å²) in [6.45, 7) is 0. The van der Waals surface area contributed by atoms with Crippen LogP contribution in [-0.4, -0.2) is 21.4 Å². The Hall–Kier alpha value is -4.30. The maximum atomic E-state index is 12.9. The third-order valence-electron chi connectivity index (χ3n) is 5.72. The van der Waals surface area contributed by atoms with Gasteiger partial charge in [-0.3, -0.25) is 9.52 Å². The molecule has 0 aliphatic carbocycles. The van der Waals surface area contributed by atoms with Crippen LogP contribution < -0.4 is 20.5 Å². The van der Waals surface area contributed by atoms with Gasteiger partial charge >= 0.3 is 0 Å². The number of aryl methyl sites for hydroxylation is 2. The molecular weight excluding hydrogens is 474 g/mol. The first-order valence-corrected chi connectivity index (χ1v) is 12.8. The van der Waals surface area contributed by atoms with Gasteiger partial charge in [-0.2, -0.15) is 0 Å². The van der Waals surface area contributed by atoms with Crippen molar-refractivity contribution in [2.24, 2.45) is 0 Å². The van der Waals surface area contributed by atoms with Crippen molar-refractivity contribution in [1.29, 1.82) is 0 Å². The predicted octanol–water partition coefficient (Wildman–Crippen LogP) is 5.12. The molecule has 0 heterocycles. The third kappa shape index (κ3) is 6.03. The first-order chi connectivity index (χ1) is 17.4. The molecule has 0 saturated heterocycles. The van der Waals surface area contributed by atoms with E-state index in [2.05, 4.69) is 10.0 Å². The summed E-state index contributed by atoms with van der Waals surface area (Å²) < 4.78 is 33.7. The Kier molecular flexibility index (Phi) is 7.56. The Morgan fingerprint density at radius 2 is 1.53 bits per heavy atom. The number of ether oxygens (including phenoxy) is 1. The molecule has 4 N–H and O–H groups in total. The minimum Gasteiger partial charge on any atom is -0.497 e. The Morgan fingerprint density at radius 1 is 0.833 bits per heavy atom. The van der Waals surface area contributed by atoms with Crippen molar-refractivity contribution in [3.05, 3.63) is 114 Å². The number of rotatable bonds is 9. The first-order valence-electron chi connectivity index (χ1n) is 11.4. The lowest BCUT2D eigenvalue weighted by Gasteiger charge is -2.13. The Balaban J connectivity index is 1.42. The van der Waals surface area contributed by atoms with Crippen LogP contribution in [-0.2, 0) is 22.9 Å². The standard InChI is InChI=1S/C28H27N3O4S/c1-35-23-8-6-9-24(19-23)36(33,34)31-26-11-4-2-7-21(26)16-13-20-14-17-22(18-15-20)28(32)30-27-12-5-3-10-25(27)29/h2-12,14-15,17-19,31H,13,16,29H2,1H3,(H,30,32). The molecule has 184 valence electrons. The van der Waals surface area contributed by atoms with E-state index in [-0.39, 0.29) is 10.8 Å². The molecule has 0 bridgehead atoms. The SMILES string of the molecule is COc1cccc(S(=O)(=O)Nc2ccccc2CCc2ccc(C(=O)Nc3ccccc3N)cc2)c1. The van der Waals surface area contributed by atoms with E-state index in [0.29, 0.717) is 41.2 Å². The number of nitrogens with two attached hydrogens (primary N) is 1. The molecule has 7 nitrogen and oxygen atoms in total. The number of methoxy groups -OCH3 is 1. The number of anilines is 3. The lowest BCUT2D eigenvalue weighted by atomic mass is 10.0. The maximum Gasteiger partial charge on any atom is 0.262 e. The molecule has 4 aromatic carbocycles. The van der Waals surface area contributed by atoms with Crippen LogP contribution in [0.5, 0.6) is 5.75 Å². The maximum absolute atomic E-state index is 12.9. The average Bonchev–Trinajstić information content (AvgIpc) is 2.89. The van der Waals surface area contributed by atoms with Gasteiger partial charge in [0.2, 0.25) is 0 Å².